The number of aromatic nitrogens is 2. The van der Waals surface area contributed by atoms with E-state index in [9.17, 15) is 14.4 Å². The first-order valence-corrected chi connectivity index (χ1v) is 8.81. The lowest BCUT2D eigenvalue weighted by atomic mass is 10.1. The molecule has 26 heavy (non-hydrogen) atoms. The number of benzene rings is 1. The van der Waals surface area contributed by atoms with Gasteiger partial charge < -0.3 is 15.6 Å². The summed E-state index contributed by atoms with van der Waals surface area (Å²) in [7, 11) is 0. The largest absolute Gasteiger partial charge is 0.356 e. The Morgan fingerprint density at radius 2 is 2.08 bits per heavy atom. The van der Waals surface area contributed by atoms with Gasteiger partial charge in [-0.3, -0.25) is 19.0 Å². The molecular formula is C18H22N4O3S. The van der Waals surface area contributed by atoms with Gasteiger partial charge in [0.2, 0.25) is 5.91 Å². The van der Waals surface area contributed by atoms with Gasteiger partial charge in [0, 0.05) is 31.6 Å². The molecule has 0 aliphatic rings. The lowest BCUT2D eigenvalue weighted by molar-refractivity contribution is -0.120. The highest BCUT2D eigenvalue weighted by atomic mass is 32.1. The fourth-order valence-corrected chi connectivity index (χ4v) is 2.70. The lowest BCUT2D eigenvalue weighted by Crippen LogP contribution is -2.31. The molecule has 0 radical (unpaired) electrons. The fraction of sp³-hybridized carbons (Fsp3) is 0.333. The Bertz CT molecular complexity index is 946. The summed E-state index contributed by atoms with van der Waals surface area (Å²) in [5.74, 6) is -0.415. The van der Waals surface area contributed by atoms with E-state index in [0.717, 1.165) is 6.42 Å². The van der Waals surface area contributed by atoms with Crippen LogP contribution in [0.25, 0.3) is 10.9 Å². The summed E-state index contributed by atoms with van der Waals surface area (Å²) in [6.07, 6.45) is 2.67. The second-order valence-corrected chi connectivity index (χ2v) is 6.14. The Balaban J connectivity index is 2.13. The zero-order valence-electron chi connectivity index (χ0n) is 14.6. The van der Waals surface area contributed by atoms with E-state index >= 15 is 0 Å². The van der Waals surface area contributed by atoms with Crippen molar-refractivity contribution in [2.45, 2.75) is 26.3 Å². The van der Waals surface area contributed by atoms with Gasteiger partial charge in [0.15, 0.2) is 4.77 Å². The van der Waals surface area contributed by atoms with Crippen molar-refractivity contribution in [3.05, 3.63) is 51.5 Å². The molecule has 0 aliphatic carbocycles. The number of nitrogens with zero attached hydrogens (tertiary/aromatic N) is 1. The molecule has 138 valence electrons. The van der Waals surface area contributed by atoms with Gasteiger partial charge in [-0.2, -0.15) is 0 Å². The first kappa shape index (κ1) is 19.6. The highest BCUT2D eigenvalue weighted by molar-refractivity contribution is 7.71. The van der Waals surface area contributed by atoms with E-state index < -0.39 is 0 Å². The van der Waals surface area contributed by atoms with Gasteiger partial charge in [-0.15, -0.1) is 6.58 Å². The molecule has 7 nitrogen and oxygen atoms in total. The second kappa shape index (κ2) is 9.10. The number of amides is 2. The molecule has 1 aromatic carbocycles. The van der Waals surface area contributed by atoms with E-state index in [0.29, 0.717) is 29.6 Å². The van der Waals surface area contributed by atoms with Crippen LogP contribution < -0.4 is 16.2 Å². The number of nitrogens with one attached hydrogen (secondary N) is 3. The molecule has 0 fully saturated rings. The maximum atomic E-state index is 12.4. The molecule has 0 aliphatic heterocycles. The van der Waals surface area contributed by atoms with Crippen LogP contribution in [0.5, 0.6) is 0 Å². The molecule has 0 atom stereocenters. The van der Waals surface area contributed by atoms with Crippen LogP contribution in [0, 0.1) is 4.77 Å². The Labute approximate surface area is 156 Å². The normalized spacial score (nSPS) is 10.5. The van der Waals surface area contributed by atoms with E-state index in [1.54, 1.807) is 24.3 Å². The third-order valence-corrected chi connectivity index (χ3v) is 4.09. The molecule has 2 amide bonds. The maximum absolute atomic E-state index is 12.4. The van der Waals surface area contributed by atoms with Crippen LogP contribution in [0.3, 0.4) is 0 Å². The number of hydrogen-bond donors (Lipinski definition) is 3. The zero-order valence-corrected chi connectivity index (χ0v) is 15.4. The topological polar surface area (TPSA) is 96.0 Å². The van der Waals surface area contributed by atoms with Crippen LogP contribution in [0.1, 0.15) is 30.1 Å². The van der Waals surface area contributed by atoms with Crippen LogP contribution in [-0.4, -0.2) is 34.5 Å². The van der Waals surface area contributed by atoms with Crippen LogP contribution in [-0.2, 0) is 11.3 Å². The molecule has 1 heterocycles. The van der Waals surface area contributed by atoms with Crippen molar-refractivity contribution in [2.75, 3.05) is 13.1 Å². The van der Waals surface area contributed by atoms with Crippen LogP contribution in [0.2, 0.25) is 0 Å². The van der Waals surface area contributed by atoms with Crippen LogP contribution in [0.15, 0.2) is 35.6 Å². The predicted octanol–water partition coefficient (Wildman–Crippen LogP) is 1.89. The standard InChI is InChI=1S/C18H22N4O3S/c1-3-8-19-15(23)7-9-20-16(24)12-5-6-13-14(11-12)21-18(26)22(10-4-2)17(13)25/h4-6,11H,2-3,7-10H2,1H3,(H,19,23)(H,20,24)(H,21,26). The highest BCUT2D eigenvalue weighted by Crippen LogP contribution is 2.11. The first-order valence-electron chi connectivity index (χ1n) is 8.40. The SMILES string of the molecule is C=CCn1c(=S)[nH]c2cc(C(=O)NCCC(=O)NCCC)ccc2c1=O. The molecular weight excluding hydrogens is 352 g/mol. The van der Waals surface area contributed by atoms with Crippen LogP contribution >= 0.6 is 12.2 Å². The van der Waals surface area contributed by atoms with Gasteiger partial charge in [-0.25, -0.2) is 0 Å². The van der Waals surface area contributed by atoms with E-state index in [2.05, 4.69) is 22.2 Å². The fourth-order valence-electron chi connectivity index (χ4n) is 2.44. The third-order valence-electron chi connectivity index (χ3n) is 3.77. The molecule has 8 heteroatoms. The van der Waals surface area contributed by atoms with Crippen molar-refractivity contribution >= 4 is 34.9 Å². The number of carbonyl (C=O) groups excluding carboxylic acids is 2. The quantitative estimate of drug-likeness (QED) is 0.486. The smallest absolute Gasteiger partial charge is 0.262 e. The number of allylic oxidation sites excluding steroid dienone is 1. The van der Waals surface area contributed by atoms with Crippen LogP contribution in [0.4, 0.5) is 0 Å². The summed E-state index contributed by atoms with van der Waals surface area (Å²) in [5.41, 5.74) is 0.648. The Kier molecular flexibility index (Phi) is 6.85. The summed E-state index contributed by atoms with van der Waals surface area (Å²) < 4.78 is 1.67. The van der Waals surface area contributed by atoms with Crippen molar-refractivity contribution < 1.29 is 9.59 Å². The van der Waals surface area contributed by atoms with E-state index in [1.165, 1.54) is 4.57 Å². The number of carbonyl (C=O) groups is 2. The van der Waals surface area contributed by atoms with Gasteiger partial charge in [0.25, 0.3) is 11.5 Å². The third kappa shape index (κ3) is 4.66. The molecule has 0 unspecified atom stereocenters. The molecule has 2 rings (SSSR count). The molecule has 0 saturated heterocycles. The molecule has 1 aromatic heterocycles. The van der Waals surface area contributed by atoms with E-state index in [1.807, 2.05) is 6.92 Å². The van der Waals surface area contributed by atoms with E-state index in [4.69, 9.17) is 12.2 Å². The first-order chi connectivity index (χ1) is 12.5. The maximum Gasteiger partial charge on any atom is 0.262 e. The average molecular weight is 374 g/mol. The lowest BCUT2D eigenvalue weighted by Gasteiger charge is -2.08. The number of fused-ring (bicyclic) bond motifs is 1. The molecule has 3 N–H and O–H groups in total. The van der Waals surface area contributed by atoms with Crippen molar-refractivity contribution in [3.8, 4) is 0 Å². The van der Waals surface area contributed by atoms with E-state index in [-0.39, 0.29) is 35.1 Å². The molecule has 0 spiro atoms. The highest BCUT2D eigenvalue weighted by Gasteiger charge is 2.10. The van der Waals surface area contributed by atoms with Crippen molar-refractivity contribution in [2.24, 2.45) is 0 Å². The second-order valence-electron chi connectivity index (χ2n) is 5.75. The van der Waals surface area contributed by atoms with Gasteiger partial charge in [-0.1, -0.05) is 13.0 Å². The Hall–Kier alpha value is -2.74. The Morgan fingerprint density at radius 1 is 1.31 bits per heavy atom. The summed E-state index contributed by atoms with van der Waals surface area (Å²) in [6, 6.07) is 4.74. The number of rotatable bonds is 8. The summed E-state index contributed by atoms with van der Waals surface area (Å²) in [4.78, 5) is 39.2. The predicted molar refractivity (Wildman–Crippen MR) is 104 cm³/mol. The van der Waals surface area contributed by atoms with Crippen molar-refractivity contribution in [1.29, 1.82) is 0 Å². The number of hydrogen-bond acceptors (Lipinski definition) is 4. The summed E-state index contributed by atoms with van der Waals surface area (Å²) >= 11 is 5.19. The number of aromatic amines is 1. The molecule has 0 saturated carbocycles. The summed E-state index contributed by atoms with van der Waals surface area (Å²) in [6.45, 7) is 6.76. The van der Waals surface area contributed by atoms with Gasteiger partial charge >= 0.3 is 0 Å². The minimum atomic E-state index is -0.315. The number of H-pyrrole nitrogens is 1. The minimum Gasteiger partial charge on any atom is -0.356 e. The average Bonchev–Trinajstić information content (AvgIpc) is 2.62. The van der Waals surface area contributed by atoms with Gasteiger partial charge in [0.1, 0.15) is 0 Å². The molecule has 0 bridgehead atoms. The summed E-state index contributed by atoms with van der Waals surface area (Å²) in [5, 5.41) is 5.88. The Morgan fingerprint density at radius 3 is 2.77 bits per heavy atom. The van der Waals surface area contributed by atoms with Gasteiger partial charge in [0.05, 0.1) is 10.9 Å². The van der Waals surface area contributed by atoms with Gasteiger partial charge in [-0.05, 0) is 36.8 Å². The molecule has 2 aromatic rings. The van der Waals surface area contributed by atoms with Crippen molar-refractivity contribution in [3.63, 3.8) is 0 Å². The monoisotopic (exact) mass is 374 g/mol. The minimum absolute atomic E-state index is 0.0995. The van der Waals surface area contributed by atoms with Crippen molar-refractivity contribution in [1.82, 2.24) is 20.2 Å². The zero-order chi connectivity index (χ0) is 19.1.